The van der Waals surface area contributed by atoms with Gasteiger partial charge in [-0.2, -0.15) is 0 Å². The number of fused-ring (bicyclic) bond motifs is 1. The number of nitrogens with zero attached hydrogens (tertiary/aromatic N) is 1. The molecular weight excluding hydrogens is 174 g/mol. The highest BCUT2D eigenvalue weighted by Crippen LogP contribution is 2.18. The van der Waals surface area contributed by atoms with Gasteiger partial charge in [0, 0.05) is 18.4 Å². The van der Waals surface area contributed by atoms with Crippen LogP contribution >= 0.6 is 0 Å². The summed E-state index contributed by atoms with van der Waals surface area (Å²) in [7, 11) is 0. The minimum atomic E-state index is -1.06. The smallest absolute Gasteiger partial charge is 0.375 e. The van der Waals surface area contributed by atoms with Crippen molar-refractivity contribution in [1.29, 1.82) is 0 Å². The maximum Gasteiger partial charge on any atom is 0.375 e. The van der Waals surface area contributed by atoms with Gasteiger partial charge >= 0.3 is 5.97 Å². The molecule has 0 unspecified atom stereocenters. The van der Waals surface area contributed by atoms with E-state index in [1.165, 1.54) is 0 Å². The lowest BCUT2D eigenvalue weighted by Gasteiger charge is -1.95. The predicted molar refractivity (Wildman–Crippen MR) is 41.7 cm³/mol. The Labute approximate surface area is 74.3 Å². The van der Waals surface area contributed by atoms with Gasteiger partial charge in [-0.15, -0.1) is 0 Å². The van der Waals surface area contributed by atoms with Crippen LogP contribution < -0.4 is 0 Å². The topological polar surface area (TPSA) is 72.6 Å². The molecule has 2 heterocycles. The molecule has 1 N–H and O–H groups in total. The largest absolute Gasteiger partial charge is 0.475 e. The summed E-state index contributed by atoms with van der Waals surface area (Å²) in [6.45, 7) is 1.12. The van der Waals surface area contributed by atoms with Crippen LogP contribution in [0.5, 0.6) is 0 Å². The third-order valence-electron chi connectivity index (χ3n) is 2.04. The van der Waals surface area contributed by atoms with Crippen molar-refractivity contribution in [3.05, 3.63) is 17.0 Å². The van der Waals surface area contributed by atoms with Crippen LogP contribution in [0.4, 0.5) is 0 Å². The number of ether oxygens (including phenoxy) is 1. The highest BCUT2D eigenvalue weighted by Gasteiger charge is 2.22. The summed E-state index contributed by atoms with van der Waals surface area (Å²) < 4.78 is 9.92. The average molecular weight is 183 g/mol. The van der Waals surface area contributed by atoms with Crippen molar-refractivity contribution in [2.24, 2.45) is 0 Å². The van der Waals surface area contributed by atoms with Crippen molar-refractivity contribution in [3.8, 4) is 0 Å². The summed E-state index contributed by atoms with van der Waals surface area (Å²) in [6.07, 6.45) is 1.20. The van der Waals surface area contributed by atoms with Crippen molar-refractivity contribution in [3.63, 3.8) is 0 Å². The molecule has 1 aliphatic rings. The van der Waals surface area contributed by atoms with E-state index in [9.17, 15) is 4.79 Å². The van der Waals surface area contributed by atoms with E-state index in [2.05, 4.69) is 5.16 Å². The van der Waals surface area contributed by atoms with E-state index in [-0.39, 0.29) is 5.76 Å². The van der Waals surface area contributed by atoms with E-state index >= 15 is 0 Å². The van der Waals surface area contributed by atoms with Crippen LogP contribution in [-0.4, -0.2) is 29.4 Å². The standard InChI is InChI=1S/C8H9NO4/c10-8(11)7-5-1-3-12-4-2-6(5)9-13-7/h1-4H2,(H,10,11). The van der Waals surface area contributed by atoms with E-state index in [0.29, 0.717) is 31.6 Å². The number of carboxylic acid groups (broad SMARTS) is 1. The molecule has 1 aliphatic heterocycles. The second-order valence-electron chi connectivity index (χ2n) is 2.85. The SMILES string of the molecule is O=C(O)c1onc2c1CCOCC2. The second kappa shape index (κ2) is 3.18. The van der Waals surface area contributed by atoms with Gasteiger partial charge in [-0.3, -0.25) is 0 Å². The second-order valence-corrected chi connectivity index (χ2v) is 2.85. The molecular formula is C8H9NO4. The fraction of sp³-hybridized carbons (Fsp3) is 0.500. The lowest BCUT2D eigenvalue weighted by molar-refractivity contribution is 0.0648. The molecule has 0 atom stereocenters. The molecule has 0 bridgehead atoms. The first-order chi connectivity index (χ1) is 6.29. The molecule has 5 nitrogen and oxygen atoms in total. The zero-order valence-electron chi connectivity index (χ0n) is 6.95. The molecule has 2 rings (SSSR count). The third-order valence-corrected chi connectivity index (χ3v) is 2.04. The van der Waals surface area contributed by atoms with Crippen LogP contribution in [0.1, 0.15) is 21.8 Å². The summed E-state index contributed by atoms with van der Waals surface area (Å²) in [5, 5.41) is 12.4. The Bertz CT molecular complexity index is 331. The van der Waals surface area contributed by atoms with Gasteiger partial charge in [-0.25, -0.2) is 4.79 Å². The maximum absolute atomic E-state index is 10.7. The van der Waals surface area contributed by atoms with Gasteiger partial charge in [0.05, 0.1) is 18.9 Å². The molecule has 0 amide bonds. The van der Waals surface area contributed by atoms with E-state index < -0.39 is 5.97 Å². The van der Waals surface area contributed by atoms with Gasteiger partial charge in [0.15, 0.2) is 0 Å². The molecule has 0 aliphatic carbocycles. The van der Waals surface area contributed by atoms with Crippen LogP contribution in [0, 0.1) is 0 Å². The molecule has 0 radical (unpaired) electrons. The first-order valence-electron chi connectivity index (χ1n) is 4.07. The Morgan fingerprint density at radius 2 is 2.15 bits per heavy atom. The Morgan fingerprint density at radius 1 is 1.38 bits per heavy atom. The van der Waals surface area contributed by atoms with Crippen LogP contribution in [0.25, 0.3) is 0 Å². The monoisotopic (exact) mass is 183 g/mol. The summed E-state index contributed by atoms with van der Waals surface area (Å²) in [5.41, 5.74) is 1.40. The van der Waals surface area contributed by atoms with Crippen molar-refractivity contribution in [2.75, 3.05) is 13.2 Å². The third kappa shape index (κ3) is 1.42. The highest BCUT2D eigenvalue weighted by molar-refractivity contribution is 5.86. The van der Waals surface area contributed by atoms with Crippen LogP contribution in [0.3, 0.4) is 0 Å². The van der Waals surface area contributed by atoms with Gasteiger partial charge in [0.2, 0.25) is 5.76 Å². The molecule has 13 heavy (non-hydrogen) atoms. The molecule has 0 saturated heterocycles. The van der Waals surface area contributed by atoms with Gasteiger partial charge in [0.1, 0.15) is 0 Å². The Balaban J connectivity index is 2.39. The lowest BCUT2D eigenvalue weighted by atomic mass is 10.1. The number of aromatic carboxylic acids is 1. The first kappa shape index (κ1) is 8.25. The predicted octanol–water partition coefficient (Wildman–Crippen LogP) is 0.488. The Kier molecular flexibility index (Phi) is 2.02. The van der Waals surface area contributed by atoms with Crippen LogP contribution in [0.15, 0.2) is 4.52 Å². The summed E-state index contributed by atoms with van der Waals surface area (Å²) in [4.78, 5) is 10.7. The van der Waals surface area contributed by atoms with Gasteiger partial charge in [-0.1, -0.05) is 5.16 Å². The van der Waals surface area contributed by atoms with Crippen molar-refractivity contribution in [2.45, 2.75) is 12.8 Å². The van der Waals surface area contributed by atoms with E-state index in [1.807, 2.05) is 0 Å². The van der Waals surface area contributed by atoms with E-state index in [0.717, 1.165) is 5.69 Å². The fourth-order valence-electron chi connectivity index (χ4n) is 1.41. The molecule has 70 valence electrons. The van der Waals surface area contributed by atoms with Crippen LogP contribution in [0.2, 0.25) is 0 Å². The number of rotatable bonds is 1. The van der Waals surface area contributed by atoms with Crippen molar-refractivity contribution in [1.82, 2.24) is 5.16 Å². The molecule has 5 heteroatoms. The molecule has 0 saturated carbocycles. The minimum absolute atomic E-state index is 0.0412. The number of carboxylic acids is 1. The van der Waals surface area contributed by atoms with E-state index in [1.54, 1.807) is 0 Å². The maximum atomic E-state index is 10.7. The Morgan fingerprint density at radius 3 is 2.92 bits per heavy atom. The molecule has 1 aromatic rings. The van der Waals surface area contributed by atoms with Crippen molar-refractivity contribution < 1.29 is 19.2 Å². The molecule has 0 fully saturated rings. The minimum Gasteiger partial charge on any atom is -0.475 e. The average Bonchev–Trinajstić information content (AvgIpc) is 2.36. The summed E-state index contributed by atoms with van der Waals surface area (Å²) in [5.74, 6) is -1.10. The number of hydrogen-bond acceptors (Lipinski definition) is 4. The number of carbonyl (C=O) groups is 1. The molecule has 0 aromatic carbocycles. The normalized spacial score (nSPS) is 16.3. The molecule has 0 spiro atoms. The quantitative estimate of drug-likeness (QED) is 0.685. The Hall–Kier alpha value is -1.36. The zero-order chi connectivity index (χ0) is 9.26. The lowest BCUT2D eigenvalue weighted by Crippen LogP contribution is -2.01. The summed E-state index contributed by atoms with van der Waals surface area (Å²) >= 11 is 0. The van der Waals surface area contributed by atoms with Gasteiger partial charge in [-0.05, 0) is 0 Å². The first-order valence-corrected chi connectivity index (χ1v) is 4.07. The zero-order valence-corrected chi connectivity index (χ0v) is 6.95. The van der Waals surface area contributed by atoms with Gasteiger partial charge in [0.25, 0.3) is 0 Å². The van der Waals surface area contributed by atoms with E-state index in [4.69, 9.17) is 14.4 Å². The fourth-order valence-corrected chi connectivity index (χ4v) is 1.41. The number of hydrogen-bond donors (Lipinski definition) is 1. The van der Waals surface area contributed by atoms with Crippen molar-refractivity contribution >= 4 is 5.97 Å². The summed E-state index contributed by atoms with van der Waals surface area (Å²) in [6, 6.07) is 0. The van der Waals surface area contributed by atoms with Crippen LogP contribution in [-0.2, 0) is 17.6 Å². The number of aromatic nitrogens is 1. The van der Waals surface area contributed by atoms with Gasteiger partial charge < -0.3 is 14.4 Å². The molecule has 1 aromatic heterocycles. The highest BCUT2D eigenvalue weighted by atomic mass is 16.5.